The van der Waals surface area contributed by atoms with E-state index in [-0.39, 0.29) is 5.41 Å². The van der Waals surface area contributed by atoms with Crippen molar-refractivity contribution in [1.29, 1.82) is 0 Å². The van der Waals surface area contributed by atoms with Crippen molar-refractivity contribution in [1.82, 2.24) is 9.80 Å². The van der Waals surface area contributed by atoms with E-state index < -0.39 is 0 Å². The van der Waals surface area contributed by atoms with Gasteiger partial charge in [-0.25, -0.2) is 4.99 Å². The summed E-state index contributed by atoms with van der Waals surface area (Å²) in [6.45, 7) is 20.8. The van der Waals surface area contributed by atoms with Crippen molar-refractivity contribution in [2.24, 2.45) is 10.4 Å². The number of halogens is 1. The van der Waals surface area contributed by atoms with Gasteiger partial charge in [-0.3, -0.25) is 4.90 Å². The predicted molar refractivity (Wildman–Crippen MR) is 113 cm³/mol. The highest BCUT2D eigenvalue weighted by Crippen LogP contribution is 2.32. The van der Waals surface area contributed by atoms with E-state index in [1.165, 1.54) is 5.57 Å². The molecule has 0 radical (unpaired) electrons. The summed E-state index contributed by atoms with van der Waals surface area (Å²) in [7, 11) is 0. The Morgan fingerprint density at radius 3 is 2.62 bits per heavy atom. The van der Waals surface area contributed by atoms with Gasteiger partial charge >= 0.3 is 0 Å². The number of piperazine rings is 1. The first-order valence-corrected chi connectivity index (χ1v) is 9.57. The highest BCUT2D eigenvalue weighted by Gasteiger charge is 2.27. The van der Waals surface area contributed by atoms with Crippen LogP contribution in [0, 0.1) is 5.41 Å². The zero-order chi connectivity index (χ0) is 18.9. The maximum Gasteiger partial charge on any atom is 0.133 e. The van der Waals surface area contributed by atoms with Gasteiger partial charge in [0.1, 0.15) is 5.84 Å². The number of hydrogen-bond donors (Lipinski definition) is 1. The van der Waals surface area contributed by atoms with Gasteiger partial charge in [0.25, 0.3) is 0 Å². The van der Waals surface area contributed by atoms with Gasteiger partial charge in [0.15, 0.2) is 0 Å². The number of benzene rings is 1. The van der Waals surface area contributed by atoms with Crippen LogP contribution in [0.2, 0.25) is 5.02 Å². The number of nitrogens with one attached hydrogen (secondary N) is 1. The Kier molecular flexibility index (Phi) is 5.44. The summed E-state index contributed by atoms with van der Waals surface area (Å²) in [4.78, 5) is 9.77. The lowest BCUT2D eigenvalue weighted by Crippen LogP contribution is -2.51. The van der Waals surface area contributed by atoms with Gasteiger partial charge in [-0.05, 0) is 30.5 Å². The number of nitrogens with zero attached hydrogens (tertiary/aromatic N) is 3. The SMILES string of the molecule is C=C1CNc2ccc(Cl)cc2N=C1N1CCN(CC(C)(C)C(=C)C)CC1. The number of hydrogen-bond acceptors (Lipinski definition) is 4. The van der Waals surface area contributed by atoms with Crippen LogP contribution in [0.1, 0.15) is 20.8 Å². The molecule has 0 unspecified atom stereocenters. The van der Waals surface area contributed by atoms with Crippen molar-refractivity contribution >= 4 is 28.8 Å². The van der Waals surface area contributed by atoms with Crippen LogP contribution in [0.3, 0.4) is 0 Å². The average Bonchev–Trinajstić information content (AvgIpc) is 2.74. The van der Waals surface area contributed by atoms with Gasteiger partial charge in [-0.1, -0.05) is 44.2 Å². The lowest BCUT2D eigenvalue weighted by molar-refractivity contribution is 0.143. The average molecular weight is 373 g/mol. The van der Waals surface area contributed by atoms with E-state index >= 15 is 0 Å². The third kappa shape index (κ3) is 4.13. The first-order chi connectivity index (χ1) is 12.3. The summed E-state index contributed by atoms with van der Waals surface area (Å²) in [6.07, 6.45) is 0. The Labute approximate surface area is 162 Å². The van der Waals surface area contributed by atoms with Crippen LogP contribution in [0.15, 0.2) is 47.5 Å². The van der Waals surface area contributed by atoms with Crippen LogP contribution < -0.4 is 5.32 Å². The molecule has 2 heterocycles. The van der Waals surface area contributed by atoms with E-state index in [1.807, 2.05) is 18.2 Å². The minimum Gasteiger partial charge on any atom is -0.379 e. The molecule has 2 aliphatic heterocycles. The highest BCUT2D eigenvalue weighted by atomic mass is 35.5. The van der Waals surface area contributed by atoms with Gasteiger partial charge < -0.3 is 10.2 Å². The van der Waals surface area contributed by atoms with Crippen LogP contribution in [0.25, 0.3) is 0 Å². The van der Waals surface area contributed by atoms with Crippen LogP contribution in [-0.2, 0) is 0 Å². The van der Waals surface area contributed by atoms with Gasteiger partial charge in [0, 0.05) is 49.9 Å². The van der Waals surface area contributed by atoms with Crippen LogP contribution in [-0.4, -0.2) is 54.9 Å². The molecule has 5 heteroatoms. The largest absolute Gasteiger partial charge is 0.379 e. The van der Waals surface area contributed by atoms with Crippen molar-refractivity contribution in [3.63, 3.8) is 0 Å². The third-order valence-electron chi connectivity index (χ3n) is 5.44. The van der Waals surface area contributed by atoms with E-state index in [0.29, 0.717) is 11.6 Å². The molecule has 4 nitrogen and oxygen atoms in total. The fourth-order valence-corrected chi connectivity index (χ4v) is 3.49. The van der Waals surface area contributed by atoms with Gasteiger partial charge in [-0.15, -0.1) is 0 Å². The molecular formula is C21H29ClN4. The number of aliphatic imine (C=N–C) groups is 1. The molecule has 1 aromatic carbocycles. The molecule has 0 atom stereocenters. The fraction of sp³-hybridized carbons (Fsp3) is 0.476. The molecule has 26 heavy (non-hydrogen) atoms. The molecule has 0 amide bonds. The third-order valence-corrected chi connectivity index (χ3v) is 5.68. The summed E-state index contributed by atoms with van der Waals surface area (Å²) >= 11 is 6.16. The second-order valence-corrected chi connectivity index (χ2v) is 8.42. The molecule has 1 N–H and O–H groups in total. The van der Waals surface area contributed by atoms with Crippen LogP contribution >= 0.6 is 11.6 Å². The van der Waals surface area contributed by atoms with Gasteiger partial charge in [0.05, 0.1) is 11.4 Å². The summed E-state index contributed by atoms with van der Waals surface area (Å²) in [5.41, 5.74) is 4.30. The Hall–Kier alpha value is -1.78. The topological polar surface area (TPSA) is 30.9 Å². The molecule has 1 fully saturated rings. The zero-order valence-corrected chi connectivity index (χ0v) is 16.9. The van der Waals surface area contributed by atoms with Crippen LogP contribution in [0.4, 0.5) is 11.4 Å². The lowest BCUT2D eigenvalue weighted by Gasteiger charge is -2.40. The second-order valence-electron chi connectivity index (χ2n) is 7.98. The Morgan fingerprint density at radius 1 is 1.27 bits per heavy atom. The Balaban J connectivity index is 1.72. The minimum atomic E-state index is 0.144. The first kappa shape index (κ1) is 19.0. The summed E-state index contributed by atoms with van der Waals surface area (Å²) in [6, 6.07) is 5.78. The van der Waals surface area contributed by atoms with Gasteiger partial charge in [-0.2, -0.15) is 0 Å². The smallest absolute Gasteiger partial charge is 0.133 e. The normalized spacial score (nSPS) is 18.7. The fourth-order valence-electron chi connectivity index (χ4n) is 3.33. The number of amidine groups is 1. The van der Waals surface area contributed by atoms with E-state index in [0.717, 1.165) is 55.5 Å². The Morgan fingerprint density at radius 2 is 1.96 bits per heavy atom. The summed E-state index contributed by atoms with van der Waals surface area (Å²) < 4.78 is 0. The number of anilines is 1. The van der Waals surface area contributed by atoms with E-state index in [2.05, 4.69) is 49.0 Å². The lowest BCUT2D eigenvalue weighted by atomic mass is 9.85. The zero-order valence-electron chi connectivity index (χ0n) is 16.1. The molecule has 140 valence electrons. The summed E-state index contributed by atoms with van der Waals surface area (Å²) in [5, 5.41) is 4.11. The molecule has 1 aromatic rings. The van der Waals surface area contributed by atoms with Crippen molar-refractivity contribution < 1.29 is 0 Å². The van der Waals surface area contributed by atoms with Crippen molar-refractivity contribution in [2.45, 2.75) is 20.8 Å². The molecule has 0 aromatic heterocycles. The highest BCUT2D eigenvalue weighted by molar-refractivity contribution is 6.31. The monoisotopic (exact) mass is 372 g/mol. The molecule has 0 bridgehead atoms. The molecule has 3 rings (SSSR count). The standard InChI is InChI=1S/C21H29ClN4/c1-15(2)21(4,5)14-25-8-10-26(11-9-25)20-16(3)13-23-18-7-6-17(22)12-19(18)24-20/h6-7,12,23H,1,3,8-11,13-14H2,2,4-5H3. The first-order valence-electron chi connectivity index (χ1n) is 9.20. The van der Waals surface area contributed by atoms with Gasteiger partial charge in [0.2, 0.25) is 0 Å². The van der Waals surface area contributed by atoms with Crippen molar-refractivity contribution in [3.05, 3.63) is 47.5 Å². The van der Waals surface area contributed by atoms with Crippen molar-refractivity contribution in [3.8, 4) is 0 Å². The molecule has 2 aliphatic rings. The quantitative estimate of drug-likeness (QED) is 0.788. The van der Waals surface area contributed by atoms with E-state index in [1.54, 1.807) is 0 Å². The maximum atomic E-state index is 6.16. The minimum absolute atomic E-state index is 0.144. The number of rotatable bonds is 3. The molecule has 0 saturated carbocycles. The molecular weight excluding hydrogens is 344 g/mol. The molecule has 0 aliphatic carbocycles. The van der Waals surface area contributed by atoms with E-state index in [9.17, 15) is 0 Å². The predicted octanol–water partition coefficient (Wildman–Crippen LogP) is 4.57. The molecule has 0 spiro atoms. The van der Waals surface area contributed by atoms with Crippen LogP contribution in [0.5, 0.6) is 0 Å². The molecule has 1 saturated heterocycles. The second kappa shape index (κ2) is 7.45. The van der Waals surface area contributed by atoms with E-state index in [4.69, 9.17) is 16.6 Å². The maximum absolute atomic E-state index is 6.16. The Bertz CT molecular complexity index is 742. The summed E-state index contributed by atoms with van der Waals surface area (Å²) in [5.74, 6) is 0.984. The van der Waals surface area contributed by atoms with Crippen molar-refractivity contribution in [2.75, 3.05) is 44.6 Å². The number of fused-ring (bicyclic) bond motifs is 1.